The molecule has 0 bridgehead atoms. The van der Waals surface area contributed by atoms with Crippen molar-refractivity contribution < 1.29 is 13.2 Å². The van der Waals surface area contributed by atoms with Crippen molar-refractivity contribution in [3.05, 3.63) is 28.7 Å². The number of hydrogen-bond acceptors (Lipinski definition) is 4. The van der Waals surface area contributed by atoms with Crippen molar-refractivity contribution in [2.24, 2.45) is 4.99 Å². The predicted molar refractivity (Wildman–Crippen MR) is 93.6 cm³/mol. The summed E-state index contributed by atoms with van der Waals surface area (Å²) in [6, 6.07) is 7.30. The molecule has 2 saturated heterocycles. The van der Waals surface area contributed by atoms with Gasteiger partial charge in [-0.05, 0) is 24.3 Å². The average molecular weight is 424 g/mol. The smallest absolute Gasteiger partial charge is 0.262 e. The van der Waals surface area contributed by atoms with E-state index in [2.05, 4.69) is 20.9 Å². The normalized spacial score (nSPS) is 28.1. The van der Waals surface area contributed by atoms with Crippen LogP contribution in [-0.2, 0) is 14.6 Å². The molecule has 22 heavy (non-hydrogen) atoms. The van der Waals surface area contributed by atoms with Crippen LogP contribution in [0.3, 0.4) is 0 Å². The fourth-order valence-corrected chi connectivity index (χ4v) is 6.86. The highest BCUT2D eigenvalue weighted by Gasteiger charge is 2.49. The Kier molecular flexibility index (Phi) is 4.55. The summed E-state index contributed by atoms with van der Waals surface area (Å²) in [6.45, 7) is 0. The first-order valence-corrected chi connectivity index (χ1v) is 10.5. The van der Waals surface area contributed by atoms with Crippen molar-refractivity contribution in [3.63, 3.8) is 0 Å². The highest BCUT2D eigenvalue weighted by Crippen LogP contribution is 2.41. The van der Waals surface area contributed by atoms with Crippen LogP contribution in [0, 0.1) is 0 Å². The summed E-state index contributed by atoms with van der Waals surface area (Å²) in [5, 5.41) is 0.424. The van der Waals surface area contributed by atoms with Gasteiger partial charge in [0.1, 0.15) is 5.88 Å². The van der Waals surface area contributed by atoms with Gasteiger partial charge in [0.15, 0.2) is 15.0 Å². The Hall–Kier alpha value is -0.570. The molecule has 0 unspecified atom stereocenters. The van der Waals surface area contributed by atoms with Gasteiger partial charge in [0.25, 0.3) is 5.91 Å². The number of anilines is 1. The predicted octanol–water partition coefficient (Wildman–Crippen LogP) is 2.29. The molecule has 5 nitrogen and oxygen atoms in total. The minimum absolute atomic E-state index is 0.0782. The largest absolute Gasteiger partial charge is 0.316 e. The fraction of sp³-hybridized carbons (Fsp3) is 0.385. The summed E-state index contributed by atoms with van der Waals surface area (Å²) in [5.41, 5.74) is 0.821. The Bertz CT molecular complexity index is 736. The standard InChI is InChI=1S/C13H12BrClN2O3S2/c14-8-1-3-9(4-2-8)17-10-6-22(19,20)7-11(10)21-13(17)16-12(18)5-15/h1-4,10-11H,5-7H2/t10-,11-/m1/s1. The Morgan fingerprint density at radius 2 is 2.05 bits per heavy atom. The molecule has 0 saturated carbocycles. The molecule has 1 aromatic carbocycles. The summed E-state index contributed by atoms with van der Waals surface area (Å²) < 4.78 is 24.7. The number of thioether (sulfide) groups is 1. The third kappa shape index (κ3) is 3.20. The van der Waals surface area contributed by atoms with Gasteiger partial charge in [0, 0.05) is 15.4 Å². The summed E-state index contributed by atoms with van der Waals surface area (Å²) in [4.78, 5) is 17.4. The van der Waals surface area contributed by atoms with Crippen LogP contribution < -0.4 is 4.90 Å². The van der Waals surface area contributed by atoms with Crippen LogP contribution in [0.25, 0.3) is 0 Å². The number of rotatable bonds is 2. The van der Waals surface area contributed by atoms with Gasteiger partial charge in [-0.25, -0.2) is 8.42 Å². The molecule has 118 valence electrons. The van der Waals surface area contributed by atoms with Gasteiger partial charge in [0.2, 0.25) is 0 Å². The maximum Gasteiger partial charge on any atom is 0.262 e. The molecule has 2 heterocycles. The zero-order valence-corrected chi connectivity index (χ0v) is 15.3. The van der Waals surface area contributed by atoms with E-state index < -0.39 is 15.7 Å². The number of halogens is 2. The van der Waals surface area contributed by atoms with E-state index in [-0.39, 0.29) is 28.7 Å². The molecule has 2 fully saturated rings. The van der Waals surface area contributed by atoms with Crippen LogP contribution >= 0.6 is 39.3 Å². The van der Waals surface area contributed by atoms with E-state index in [1.54, 1.807) is 0 Å². The number of amidine groups is 1. The molecule has 0 aromatic heterocycles. The Labute approximate surface area is 146 Å². The molecule has 0 spiro atoms. The van der Waals surface area contributed by atoms with Crippen molar-refractivity contribution in [2.75, 3.05) is 22.3 Å². The van der Waals surface area contributed by atoms with E-state index in [0.29, 0.717) is 5.17 Å². The molecular weight excluding hydrogens is 412 g/mol. The highest BCUT2D eigenvalue weighted by atomic mass is 79.9. The second kappa shape index (κ2) is 6.14. The van der Waals surface area contributed by atoms with Crippen molar-refractivity contribution in [1.29, 1.82) is 0 Å². The SMILES string of the molecule is O=C(CCl)N=C1S[C@@H]2CS(=O)(=O)C[C@H]2N1c1ccc(Br)cc1. The van der Waals surface area contributed by atoms with Crippen molar-refractivity contribution >= 4 is 65.9 Å². The molecule has 2 aliphatic rings. The number of alkyl halides is 1. The molecule has 0 aliphatic carbocycles. The number of benzene rings is 1. The Morgan fingerprint density at radius 1 is 1.36 bits per heavy atom. The van der Waals surface area contributed by atoms with E-state index in [0.717, 1.165) is 10.2 Å². The van der Waals surface area contributed by atoms with E-state index in [9.17, 15) is 13.2 Å². The maximum atomic E-state index is 11.9. The van der Waals surface area contributed by atoms with Crippen molar-refractivity contribution in [3.8, 4) is 0 Å². The van der Waals surface area contributed by atoms with E-state index in [1.807, 2.05) is 29.2 Å². The van der Waals surface area contributed by atoms with E-state index in [4.69, 9.17) is 11.6 Å². The monoisotopic (exact) mass is 422 g/mol. The van der Waals surface area contributed by atoms with Gasteiger partial charge in [-0.2, -0.15) is 4.99 Å². The number of nitrogens with zero attached hydrogens (tertiary/aromatic N) is 2. The lowest BCUT2D eigenvalue weighted by Gasteiger charge is -2.24. The first kappa shape index (κ1) is 16.3. The third-order valence-electron chi connectivity index (χ3n) is 3.51. The number of amides is 1. The van der Waals surface area contributed by atoms with Gasteiger partial charge in [-0.3, -0.25) is 4.79 Å². The molecule has 0 radical (unpaired) electrons. The maximum absolute atomic E-state index is 11.9. The number of hydrogen-bond donors (Lipinski definition) is 0. The minimum Gasteiger partial charge on any atom is -0.316 e. The molecule has 2 aliphatic heterocycles. The van der Waals surface area contributed by atoms with Gasteiger partial charge >= 0.3 is 0 Å². The van der Waals surface area contributed by atoms with Crippen LogP contribution in [0.5, 0.6) is 0 Å². The van der Waals surface area contributed by atoms with Crippen molar-refractivity contribution in [2.45, 2.75) is 11.3 Å². The fourth-order valence-electron chi connectivity index (χ4n) is 2.60. The van der Waals surface area contributed by atoms with Gasteiger partial charge in [0.05, 0.1) is 17.5 Å². The molecule has 9 heteroatoms. The minimum atomic E-state index is -3.05. The van der Waals surface area contributed by atoms with Gasteiger partial charge in [-0.1, -0.05) is 27.7 Å². The van der Waals surface area contributed by atoms with Crippen LogP contribution in [-0.4, -0.2) is 48.2 Å². The molecule has 2 atom stereocenters. The van der Waals surface area contributed by atoms with Crippen LogP contribution in [0.4, 0.5) is 5.69 Å². The first-order valence-electron chi connectivity index (χ1n) is 6.49. The summed E-state index contributed by atoms with van der Waals surface area (Å²) in [6.07, 6.45) is 0. The number of sulfone groups is 1. The summed E-state index contributed by atoms with van der Waals surface area (Å²) >= 11 is 10.2. The third-order valence-corrected chi connectivity index (χ3v) is 7.47. The lowest BCUT2D eigenvalue weighted by molar-refractivity contribution is -0.115. The number of aliphatic imine (C=N–C) groups is 1. The van der Waals surface area contributed by atoms with E-state index >= 15 is 0 Å². The quantitative estimate of drug-likeness (QED) is 0.683. The lowest BCUT2D eigenvalue weighted by atomic mass is 10.2. The Balaban J connectivity index is 2.01. The van der Waals surface area contributed by atoms with Gasteiger partial charge < -0.3 is 4.90 Å². The molecule has 0 N–H and O–H groups in total. The average Bonchev–Trinajstić information content (AvgIpc) is 2.91. The van der Waals surface area contributed by atoms with Gasteiger partial charge in [-0.15, -0.1) is 11.6 Å². The van der Waals surface area contributed by atoms with Crippen LogP contribution in [0.2, 0.25) is 0 Å². The molecular formula is C13H12BrClN2O3S2. The zero-order valence-electron chi connectivity index (χ0n) is 11.3. The molecule has 3 rings (SSSR count). The van der Waals surface area contributed by atoms with Crippen LogP contribution in [0.1, 0.15) is 0 Å². The van der Waals surface area contributed by atoms with Crippen LogP contribution in [0.15, 0.2) is 33.7 Å². The summed E-state index contributed by atoms with van der Waals surface area (Å²) in [5.74, 6) is -0.418. The number of carbonyl (C=O) groups is 1. The zero-order chi connectivity index (χ0) is 15.9. The topological polar surface area (TPSA) is 66.8 Å². The highest BCUT2D eigenvalue weighted by molar-refractivity contribution is 9.10. The lowest BCUT2D eigenvalue weighted by Crippen LogP contribution is -2.37. The summed E-state index contributed by atoms with van der Waals surface area (Å²) in [7, 11) is -3.05. The van der Waals surface area contributed by atoms with Crippen molar-refractivity contribution in [1.82, 2.24) is 0 Å². The van der Waals surface area contributed by atoms with E-state index in [1.165, 1.54) is 11.8 Å². The first-order chi connectivity index (χ1) is 10.4. The Morgan fingerprint density at radius 3 is 2.68 bits per heavy atom. The number of carbonyl (C=O) groups excluding carboxylic acids is 1. The molecule has 1 aromatic rings. The second-order valence-corrected chi connectivity index (χ2v) is 9.61. The second-order valence-electron chi connectivity index (χ2n) is 5.07. The molecule has 1 amide bonds. The number of fused-ring (bicyclic) bond motifs is 1.